The molecule has 2 saturated carbocycles. The van der Waals surface area contributed by atoms with Crippen LogP contribution >= 0.6 is 0 Å². The maximum Gasteiger partial charge on any atom is 0.330 e. The molecule has 2 heterocycles. The standard InChI is InChI=1S/C40H64O3/c1-6-14-34(24-23-32-15-9-8-10-16-32)38-29-37(33-17-11-18-33)40(5,7-2)26-25-30(3)27-31(4)28-36-21-12-19-35(42-36)20-13-22-39(41)43-38/h12-13,19,22-24,31-38H,3,6-11,14-18,20-21,25-29H2,1-2,4-5H3/b22-13-,24-23+. The predicted octanol–water partition coefficient (Wildman–Crippen LogP) is 11.1. The van der Waals surface area contributed by atoms with Crippen molar-refractivity contribution in [1.82, 2.24) is 0 Å². The van der Waals surface area contributed by atoms with Crippen molar-refractivity contribution in [2.75, 3.05) is 0 Å². The van der Waals surface area contributed by atoms with E-state index >= 15 is 0 Å². The molecule has 0 amide bonds. The van der Waals surface area contributed by atoms with Gasteiger partial charge in [0, 0.05) is 12.0 Å². The van der Waals surface area contributed by atoms with Crippen LogP contribution in [0.4, 0.5) is 0 Å². The van der Waals surface area contributed by atoms with E-state index in [0.717, 1.165) is 57.3 Å². The SMILES string of the molecule is C=C1CCC(C)(CC)C(C2CCC2)CC(C(/C=C/C2CCCCC2)CCC)OC(=O)/C=C\CC2C=CCC(CC(C)C1)O2. The first-order valence-corrected chi connectivity index (χ1v) is 18.3. The van der Waals surface area contributed by atoms with Crippen molar-refractivity contribution in [2.45, 2.75) is 162 Å². The van der Waals surface area contributed by atoms with Gasteiger partial charge < -0.3 is 9.47 Å². The van der Waals surface area contributed by atoms with E-state index in [1.54, 1.807) is 6.08 Å². The highest BCUT2D eigenvalue weighted by Gasteiger charge is 2.42. The van der Waals surface area contributed by atoms with E-state index in [1.807, 2.05) is 6.08 Å². The Bertz CT molecular complexity index is 951. The molecule has 2 fully saturated rings. The van der Waals surface area contributed by atoms with Crippen molar-refractivity contribution >= 4 is 5.97 Å². The van der Waals surface area contributed by atoms with Gasteiger partial charge in [0.1, 0.15) is 6.10 Å². The fourth-order valence-corrected chi connectivity index (χ4v) is 8.53. The average molecular weight is 593 g/mol. The molecular formula is C40H64O3. The van der Waals surface area contributed by atoms with Crippen LogP contribution in [0.5, 0.6) is 0 Å². The Kier molecular flexibility index (Phi) is 13.7. The molecule has 7 atom stereocenters. The largest absolute Gasteiger partial charge is 0.459 e. The Labute approximate surface area is 265 Å². The lowest BCUT2D eigenvalue weighted by Crippen LogP contribution is -2.40. The lowest BCUT2D eigenvalue weighted by molar-refractivity contribution is -0.147. The van der Waals surface area contributed by atoms with Crippen LogP contribution in [-0.4, -0.2) is 24.3 Å². The summed E-state index contributed by atoms with van der Waals surface area (Å²) in [7, 11) is 0. The summed E-state index contributed by atoms with van der Waals surface area (Å²) in [6.07, 6.45) is 34.4. The van der Waals surface area contributed by atoms with E-state index in [1.165, 1.54) is 63.4 Å². The van der Waals surface area contributed by atoms with Gasteiger partial charge in [0.05, 0.1) is 12.2 Å². The van der Waals surface area contributed by atoms with Crippen molar-refractivity contribution in [3.8, 4) is 0 Å². The highest BCUT2D eigenvalue weighted by molar-refractivity contribution is 5.82. The molecule has 242 valence electrons. The Morgan fingerprint density at radius 1 is 1.05 bits per heavy atom. The number of cyclic esters (lactones) is 1. The minimum atomic E-state index is -0.179. The summed E-state index contributed by atoms with van der Waals surface area (Å²) in [4.78, 5) is 13.4. The summed E-state index contributed by atoms with van der Waals surface area (Å²) in [5.74, 6) is 2.67. The van der Waals surface area contributed by atoms with Gasteiger partial charge in [0.15, 0.2) is 0 Å². The summed E-state index contributed by atoms with van der Waals surface area (Å²) < 4.78 is 13.0. The van der Waals surface area contributed by atoms with Gasteiger partial charge in [-0.3, -0.25) is 0 Å². The fraction of sp³-hybridized carbons (Fsp3) is 0.775. The molecular weight excluding hydrogens is 528 g/mol. The van der Waals surface area contributed by atoms with E-state index in [0.29, 0.717) is 24.2 Å². The smallest absolute Gasteiger partial charge is 0.330 e. The summed E-state index contributed by atoms with van der Waals surface area (Å²) >= 11 is 0. The number of rotatable bonds is 7. The molecule has 0 aromatic heterocycles. The van der Waals surface area contributed by atoms with Crippen LogP contribution in [0.2, 0.25) is 0 Å². The van der Waals surface area contributed by atoms with Gasteiger partial charge >= 0.3 is 5.97 Å². The van der Waals surface area contributed by atoms with E-state index in [-0.39, 0.29) is 35.6 Å². The van der Waals surface area contributed by atoms with Gasteiger partial charge in [-0.2, -0.15) is 0 Å². The van der Waals surface area contributed by atoms with Crippen molar-refractivity contribution in [3.05, 3.63) is 48.6 Å². The molecule has 43 heavy (non-hydrogen) atoms. The average Bonchev–Trinajstić information content (AvgIpc) is 2.96. The number of carbonyl (C=O) groups is 1. The molecule has 0 spiro atoms. The van der Waals surface area contributed by atoms with Gasteiger partial charge in [-0.1, -0.05) is 122 Å². The van der Waals surface area contributed by atoms with Gasteiger partial charge in [-0.05, 0) is 93.3 Å². The molecule has 7 unspecified atom stereocenters. The molecule has 0 saturated heterocycles. The first-order valence-electron chi connectivity index (χ1n) is 18.3. The highest BCUT2D eigenvalue weighted by Crippen LogP contribution is 2.50. The molecule has 2 aliphatic carbocycles. The van der Waals surface area contributed by atoms with E-state index in [9.17, 15) is 4.79 Å². The molecule has 2 bridgehead atoms. The normalized spacial score (nSPS) is 36.0. The van der Waals surface area contributed by atoms with Crippen molar-refractivity contribution < 1.29 is 14.3 Å². The molecule has 3 heteroatoms. The lowest BCUT2D eigenvalue weighted by atomic mass is 9.59. The van der Waals surface area contributed by atoms with Crippen LogP contribution in [0.25, 0.3) is 0 Å². The maximum absolute atomic E-state index is 13.4. The first-order chi connectivity index (χ1) is 20.8. The summed E-state index contributed by atoms with van der Waals surface area (Å²) in [5.41, 5.74) is 1.62. The van der Waals surface area contributed by atoms with Crippen LogP contribution in [0.1, 0.15) is 143 Å². The monoisotopic (exact) mass is 592 g/mol. The second-order valence-corrected chi connectivity index (χ2v) is 15.1. The minimum absolute atomic E-state index is 0.0346. The number of esters is 1. The summed E-state index contributed by atoms with van der Waals surface area (Å²) in [6, 6.07) is 0. The molecule has 0 aromatic carbocycles. The number of hydrogen-bond acceptors (Lipinski definition) is 3. The number of carbonyl (C=O) groups excluding carboxylic acids is 1. The van der Waals surface area contributed by atoms with E-state index in [4.69, 9.17) is 9.47 Å². The third-order valence-electron chi connectivity index (χ3n) is 11.6. The van der Waals surface area contributed by atoms with Crippen molar-refractivity contribution in [2.24, 2.45) is 35.0 Å². The summed E-state index contributed by atoms with van der Waals surface area (Å²) in [5, 5.41) is 0. The highest BCUT2D eigenvalue weighted by atomic mass is 16.5. The summed E-state index contributed by atoms with van der Waals surface area (Å²) in [6.45, 7) is 14.2. The molecule has 0 radical (unpaired) electrons. The Morgan fingerprint density at radius 2 is 1.84 bits per heavy atom. The molecule has 4 aliphatic rings. The van der Waals surface area contributed by atoms with Crippen molar-refractivity contribution in [3.63, 3.8) is 0 Å². The molecule has 3 nitrogen and oxygen atoms in total. The Morgan fingerprint density at radius 3 is 2.53 bits per heavy atom. The van der Waals surface area contributed by atoms with Crippen molar-refractivity contribution in [1.29, 1.82) is 0 Å². The number of ether oxygens (including phenoxy) is 2. The molecule has 4 rings (SSSR count). The number of fused-ring (bicyclic) bond motifs is 2. The maximum atomic E-state index is 13.4. The Hall–Kier alpha value is -1.61. The third kappa shape index (κ3) is 10.5. The van der Waals surface area contributed by atoms with Gasteiger partial charge in [0.25, 0.3) is 0 Å². The topological polar surface area (TPSA) is 35.5 Å². The number of allylic oxidation sites excluding steroid dienone is 2. The van der Waals surface area contributed by atoms with Crippen LogP contribution in [0.15, 0.2) is 48.6 Å². The second-order valence-electron chi connectivity index (χ2n) is 15.1. The molecule has 2 aliphatic heterocycles. The molecule has 0 N–H and O–H groups in total. The zero-order valence-corrected chi connectivity index (χ0v) is 28.2. The third-order valence-corrected chi connectivity index (χ3v) is 11.6. The lowest BCUT2D eigenvalue weighted by Gasteiger charge is -2.47. The molecule has 0 aromatic rings. The van der Waals surface area contributed by atoms with Gasteiger partial charge in [-0.25, -0.2) is 4.79 Å². The first kappa shape index (κ1) is 34.3. The zero-order chi connectivity index (χ0) is 30.7. The van der Waals surface area contributed by atoms with Crippen LogP contribution in [0, 0.1) is 35.0 Å². The zero-order valence-electron chi connectivity index (χ0n) is 28.2. The predicted molar refractivity (Wildman–Crippen MR) is 181 cm³/mol. The van der Waals surface area contributed by atoms with Crippen LogP contribution in [-0.2, 0) is 14.3 Å². The Balaban J connectivity index is 1.62. The van der Waals surface area contributed by atoms with Crippen LogP contribution in [0.3, 0.4) is 0 Å². The van der Waals surface area contributed by atoms with E-state index < -0.39 is 0 Å². The van der Waals surface area contributed by atoms with Crippen LogP contribution < -0.4 is 0 Å². The van der Waals surface area contributed by atoms with Gasteiger partial charge in [-0.15, -0.1) is 0 Å². The quantitative estimate of drug-likeness (QED) is 0.218. The number of hydrogen-bond donors (Lipinski definition) is 0. The van der Waals surface area contributed by atoms with E-state index in [2.05, 4.69) is 58.6 Å². The second kappa shape index (κ2) is 17.2. The fourth-order valence-electron chi connectivity index (χ4n) is 8.53. The minimum Gasteiger partial charge on any atom is -0.459 e. The van der Waals surface area contributed by atoms with Gasteiger partial charge in [0.2, 0.25) is 0 Å².